The van der Waals surface area contributed by atoms with Crippen LogP contribution in [0.3, 0.4) is 0 Å². The Hall–Kier alpha value is -0.470. The molecule has 0 radical (unpaired) electrons. The number of hydrogen-bond acceptors (Lipinski definition) is 2. The van der Waals surface area contributed by atoms with Crippen molar-refractivity contribution >= 4 is 34.1 Å². The zero-order chi connectivity index (χ0) is 8.97. The first-order chi connectivity index (χ1) is 5.72. The molecule has 0 bridgehead atoms. The number of benzene rings is 1. The Labute approximate surface area is 81.8 Å². The molecule has 0 atom stereocenters. The van der Waals surface area contributed by atoms with Crippen molar-refractivity contribution < 1.29 is 0 Å². The second kappa shape index (κ2) is 4.53. The van der Waals surface area contributed by atoms with E-state index >= 15 is 0 Å². The summed E-state index contributed by atoms with van der Waals surface area (Å²) in [5.74, 6) is 0. The first kappa shape index (κ1) is 9.62. The molecular weight excluding hydrogens is 190 g/mol. The standard InChI is InChI=1S/C9H10ClNS/c1-7(12-2)11-9-5-3-8(10)4-6-9/h3-6H,1-2H3. The summed E-state index contributed by atoms with van der Waals surface area (Å²) in [6.45, 7) is 1.99. The fourth-order valence-corrected chi connectivity index (χ4v) is 1.07. The zero-order valence-electron chi connectivity index (χ0n) is 7.04. The Kier molecular flexibility index (Phi) is 3.63. The molecule has 64 valence electrons. The van der Waals surface area contributed by atoms with E-state index < -0.39 is 0 Å². The highest BCUT2D eigenvalue weighted by molar-refractivity contribution is 8.13. The topological polar surface area (TPSA) is 12.4 Å². The van der Waals surface area contributed by atoms with Gasteiger partial charge in [-0.2, -0.15) is 0 Å². The van der Waals surface area contributed by atoms with E-state index in [1.807, 2.05) is 37.4 Å². The van der Waals surface area contributed by atoms with Crippen molar-refractivity contribution in [3.63, 3.8) is 0 Å². The van der Waals surface area contributed by atoms with Gasteiger partial charge in [0.15, 0.2) is 0 Å². The summed E-state index contributed by atoms with van der Waals surface area (Å²) < 4.78 is 0. The molecule has 0 spiro atoms. The third-order valence-electron chi connectivity index (χ3n) is 1.41. The van der Waals surface area contributed by atoms with Gasteiger partial charge in [0.25, 0.3) is 0 Å². The van der Waals surface area contributed by atoms with Gasteiger partial charge in [0, 0.05) is 5.02 Å². The number of halogens is 1. The lowest BCUT2D eigenvalue weighted by Gasteiger charge is -1.95. The van der Waals surface area contributed by atoms with Gasteiger partial charge in [0.05, 0.1) is 10.7 Å². The molecule has 0 N–H and O–H groups in total. The highest BCUT2D eigenvalue weighted by atomic mass is 35.5. The van der Waals surface area contributed by atoms with Crippen molar-refractivity contribution in [2.45, 2.75) is 6.92 Å². The molecule has 1 rings (SSSR count). The van der Waals surface area contributed by atoms with Crippen molar-refractivity contribution in [3.8, 4) is 0 Å². The fourth-order valence-electron chi connectivity index (χ4n) is 0.743. The molecule has 1 nitrogen and oxygen atoms in total. The Bertz CT molecular complexity index is 279. The van der Waals surface area contributed by atoms with Crippen LogP contribution in [0.15, 0.2) is 29.3 Å². The molecule has 0 aliphatic rings. The van der Waals surface area contributed by atoms with E-state index in [0.29, 0.717) is 0 Å². The monoisotopic (exact) mass is 199 g/mol. The Balaban J connectivity index is 2.84. The molecule has 3 heteroatoms. The van der Waals surface area contributed by atoms with Crippen molar-refractivity contribution in [2.75, 3.05) is 6.26 Å². The molecule has 0 unspecified atom stereocenters. The SMILES string of the molecule is CSC(C)=Nc1ccc(Cl)cc1. The lowest BCUT2D eigenvalue weighted by atomic mass is 10.3. The molecule has 0 saturated heterocycles. The summed E-state index contributed by atoms with van der Waals surface area (Å²) in [6.07, 6.45) is 2.01. The number of aliphatic imine (C=N–C) groups is 1. The smallest absolute Gasteiger partial charge is 0.0704 e. The molecule has 0 aromatic heterocycles. The van der Waals surface area contributed by atoms with Gasteiger partial charge in [0.2, 0.25) is 0 Å². The summed E-state index contributed by atoms with van der Waals surface area (Å²) in [5.41, 5.74) is 0.950. The molecule has 1 aromatic carbocycles. The number of nitrogens with zero attached hydrogens (tertiary/aromatic N) is 1. The summed E-state index contributed by atoms with van der Waals surface area (Å²) in [4.78, 5) is 4.34. The normalized spacial score (nSPS) is 11.8. The lowest BCUT2D eigenvalue weighted by Crippen LogP contribution is -1.78. The van der Waals surface area contributed by atoms with Crippen LogP contribution in [0.2, 0.25) is 5.02 Å². The van der Waals surface area contributed by atoms with Gasteiger partial charge >= 0.3 is 0 Å². The van der Waals surface area contributed by atoms with Crippen molar-refractivity contribution in [1.29, 1.82) is 0 Å². The third-order valence-corrected chi connectivity index (χ3v) is 2.34. The summed E-state index contributed by atoms with van der Waals surface area (Å²) in [6, 6.07) is 7.49. The van der Waals surface area contributed by atoms with E-state index in [4.69, 9.17) is 11.6 Å². The van der Waals surface area contributed by atoms with Crippen LogP contribution in [0.1, 0.15) is 6.92 Å². The van der Waals surface area contributed by atoms with E-state index in [1.165, 1.54) is 0 Å². The largest absolute Gasteiger partial charge is 0.247 e. The highest BCUT2D eigenvalue weighted by Gasteiger charge is 1.90. The molecule has 0 aliphatic heterocycles. The average Bonchev–Trinajstić information content (AvgIpc) is 2.09. The Morgan fingerprint density at radius 2 is 1.92 bits per heavy atom. The molecule has 0 saturated carbocycles. The minimum Gasteiger partial charge on any atom is -0.247 e. The van der Waals surface area contributed by atoms with Crippen LogP contribution >= 0.6 is 23.4 Å². The van der Waals surface area contributed by atoms with Crippen LogP contribution in [0.4, 0.5) is 5.69 Å². The second-order valence-electron chi connectivity index (χ2n) is 2.31. The highest BCUT2D eigenvalue weighted by Crippen LogP contribution is 2.17. The van der Waals surface area contributed by atoms with E-state index in [-0.39, 0.29) is 0 Å². The van der Waals surface area contributed by atoms with Gasteiger partial charge in [-0.3, -0.25) is 0 Å². The van der Waals surface area contributed by atoms with Gasteiger partial charge in [0.1, 0.15) is 0 Å². The average molecular weight is 200 g/mol. The number of rotatable bonds is 1. The van der Waals surface area contributed by atoms with Crippen LogP contribution < -0.4 is 0 Å². The van der Waals surface area contributed by atoms with Gasteiger partial charge in [-0.05, 0) is 37.4 Å². The molecule has 0 heterocycles. The molecule has 12 heavy (non-hydrogen) atoms. The molecule has 0 aliphatic carbocycles. The van der Waals surface area contributed by atoms with Crippen LogP contribution in [-0.4, -0.2) is 11.3 Å². The van der Waals surface area contributed by atoms with Gasteiger partial charge < -0.3 is 0 Å². The minimum absolute atomic E-state index is 0.746. The molecule has 0 fully saturated rings. The number of hydrogen-bond donors (Lipinski definition) is 0. The van der Waals surface area contributed by atoms with E-state index in [0.717, 1.165) is 15.8 Å². The van der Waals surface area contributed by atoms with E-state index in [2.05, 4.69) is 4.99 Å². The minimum atomic E-state index is 0.746. The van der Waals surface area contributed by atoms with Crippen molar-refractivity contribution in [2.24, 2.45) is 4.99 Å². The quantitative estimate of drug-likeness (QED) is 0.496. The van der Waals surface area contributed by atoms with Crippen LogP contribution in [0.25, 0.3) is 0 Å². The van der Waals surface area contributed by atoms with Gasteiger partial charge in [-0.25, -0.2) is 4.99 Å². The Morgan fingerprint density at radius 1 is 1.33 bits per heavy atom. The predicted molar refractivity (Wildman–Crippen MR) is 57.7 cm³/mol. The van der Waals surface area contributed by atoms with Crippen molar-refractivity contribution in [1.82, 2.24) is 0 Å². The van der Waals surface area contributed by atoms with Crippen LogP contribution in [0, 0.1) is 0 Å². The predicted octanol–water partition coefficient (Wildman–Crippen LogP) is 3.75. The molecular formula is C9H10ClNS. The van der Waals surface area contributed by atoms with Crippen molar-refractivity contribution in [3.05, 3.63) is 29.3 Å². The third kappa shape index (κ3) is 2.88. The first-order valence-corrected chi connectivity index (χ1v) is 5.17. The van der Waals surface area contributed by atoms with E-state index in [9.17, 15) is 0 Å². The van der Waals surface area contributed by atoms with E-state index in [1.54, 1.807) is 11.8 Å². The second-order valence-corrected chi connectivity index (χ2v) is 3.75. The maximum Gasteiger partial charge on any atom is 0.0704 e. The summed E-state index contributed by atoms with van der Waals surface area (Å²) in [5, 5.41) is 1.80. The lowest BCUT2D eigenvalue weighted by molar-refractivity contribution is 1.52. The van der Waals surface area contributed by atoms with Gasteiger partial charge in [-0.1, -0.05) is 11.6 Å². The maximum absolute atomic E-state index is 5.73. The first-order valence-electron chi connectivity index (χ1n) is 3.57. The number of thioether (sulfide) groups is 1. The Morgan fingerprint density at radius 3 is 2.42 bits per heavy atom. The fraction of sp³-hybridized carbons (Fsp3) is 0.222. The molecule has 0 amide bonds. The van der Waals surface area contributed by atoms with Crippen LogP contribution in [-0.2, 0) is 0 Å². The van der Waals surface area contributed by atoms with Gasteiger partial charge in [-0.15, -0.1) is 11.8 Å². The van der Waals surface area contributed by atoms with Crippen LogP contribution in [0.5, 0.6) is 0 Å². The zero-order valence-corrected chi connectivity index (χ0v) is 8.62. The molecule has 1 aromatic rings. The maximum atomic E-state index is 5.73. The summed E-state index contributed by atoms with van der Waals surface area (Å²) in [7, 11) is 0. The summed E-state index contributed by atoms with van der Waals surface area (Å²) >= 11 is 7.37.